The largest absolute Gasteiger partial charge is 0.383 e. The van der Waals surface area contributed by atoms with E-state index in [9.17, 15) is 18.0 Å². The van der Waals surface area contributed by atoms with Crippen molar-refractivity contribution in [1.29, 1.82) is 0 Å². The zero-order chi connectivity index (χ0) is 19.6. The van der Waals surface area contributed by atoms with Crippen LogP contribution in [-0.4, -0.2) is 59.6 Å². The molecule has 0 spiro atoms. The Bertz CT molecular complexity index is 697. The number of ether oxygens (including phenoxy) is 1. The van der Waals surface area contributed by atoms with Gasteiger partial charge >= 0.3 is 0 Å². The predicted molar refractivity (Wildman–Crippen MR) is 106 cm³/mol. The van der Waals surface area contributed by atoms with Crippen molar-refractivity contribution in [1.82, 2.24) is 15.4 Å². The van der Waals surface area contributed by atoms with Crippen LogP contribution in [0, 0.1) is 0 Å². The Hall–Kier alpha value is -1.72. The summed E-state index contributed by atoms with van der Waals surface area (Å²) in [5.41, 5.74) is 0.489. The molecule has 0 saturated heterocycles. The van der Waals surface area contributed by atoms with Crippen LogP contribution in [0.25, 0.3) is 0 Å². The van der Waals surface area contributed by atoms with Gasteiger partial charge in [0.1, 0.15) is 0 Å². The number of anilines is 1. The van der Waals surface area contributed by atoms with Crippen molar-refractivity contribution in [3.8, 4) is 0 Å². The number of amides is 2. The van der Waals surface area contributed by atoms with Gasteiger partial charge in [0.05, 0.1) is 17.5 Å². The van der Waals surface area contributed by atoms with Gasteiger partial charge in [-0.25, -0.2) is 8.42 Å². The van der Waals surface area contributed by atoms with Crippen molar-refractivity contribution in [2.75, 3.05) is 38.7 Å². The minimum Gasteiger partial charge on any atom is -0.383 e. The molecule has 0 heterocycles. The molecule has 11 heteroatoms. The minimum atomic E-state index is -3.85. The summed E-state index contributed by atoms with van der Waals surface area (Å²) in [6.45, 7) is 5.00. The third kappa shape index (κ3) is 9.68. The number of hydrogen-bond donors (Lipinski definition) is 4. The molecule has 0 bridgehead atoms. The Labute approximate surface area is 166 Å². The fraction of sp³-hybridized carbons (Fsp3) is 0.500. The summed E-state index contributed by atoms with van der Waals surface area (Å²) in [4.78, 5) is 23.0. The van der Waals surface area contributed by atoms with Crippen LogP contribution in [-0.2, 0) is 24.3 Å². The number of sulfonamides is 1. The van der Waals surface area contributed by atoms with Crippen molar-refractivity contribution in [2.45, 2.75) is 24.8 Å². The smallest absolute Gasteiger partial charge is 0.241 e. The lowest BCUT2D eigenvalue weighted by Crippen LogP contribution is -2.46. The fourth-order valence-electron chi connectivity index (χ4n) is 2.00. The first kappa shape index (κ1) is 25.3. The Kier molecular flexibility index (Phi) is 11.8. The summed E-state index contributed by atoms with van der Waals surface area (Å²) in [5, 5.41) is 8.26. The van der Waals surface area contributed by atoms with Gasteiger partial charge in [-0.2, -0.15) is 4.72 Å². The lowest BCUT2D eigenvalue weighted by Gasteiger charge is -2.15. The molecule has 1 unspecified atom stereocenters. The first-order chi connectivity index (χ1) is 12.3. The van der Waals surface area contributed by atoms with Gasteiger partial charge in [-0.15, -0.1) is 12.4 Å². The highest BCUT2D eigenvalue weighted by atomic mass is 35.5. The van der Waals surface area contributed by atoms with Gasteiger partial charge in [0.15, 0.2) is 0 Å². The molecule has 0 aromatic heterocycles. The van der Waals surface area contributed by atoms with Crippen LogP contribution in [0.15, 0.2) is 29.2 Å². The molecule has 1 rings (SSSR count). The normalized spacial score (nSPS) is 12.0. The van der Waals surface area contributed by atoms with E-state index in [4.69, 9.17) is 4.74 Å². The fourth-order valence-corrected chi connectivity index (χ4v) is 3.20. The van der Waals surface area contributed by atoms with E-state index in [1.807, 2.05) is 0 Å². The number of carbonyl (C=O) groups is 2. The predicted octanol–water partition coefficient (Wildman–Crippen LogP) is 0.0858. The first-order valence-corrected chi connectivity index (χ1v) is 9.62. The van der Waals surface area contributed by atoms with Crippen molar-refractivity contribution < 1.29 is 22.7 Å². The second kappa shape index (κ2) is 12.6. The molecule has 2 amide bonds. The molecule has 154 valence electrons. The van der Waals surface area contributed by atoms with Crippen LogP contribution < -0.4 is 20.7 Å². The molecule has 9 nitrogen and oxygen atoms in total. The molecular weight excluding hydrogens is 396 g/mol. The maximum Gasteiger partial charge on any atom is 0.241 e. The number of rotatable bonds is 11. The molecule has 0 radical (unpaired) electrons. The maximum atomic E-state index is 12.3. The minimum absolute atomic E-state index is 0. The second-order valence-electron chi connectivity index (χ2n) is 5.58. The average molecular weight is 423 g/mol. The van der Waals surface area contributed by atoms with E-state index in [-0.39, 0.29) is 23.2 Å². The first-order valence-electron chi connectivity index (χ1n) is 8.13. The van der Waals surface area contributed by atoms with Crippen LogP contribution in [0.3, 0.4) is 0 Å². The molecule has 1 aromatic carbocycles. The third-order valence-corrected chi connectivity index (χ3v) is 4.85. The molecule has 1 atom stereocenters. The van der Waals surface area contributed by atoms with Crippen LogP contribution in [0.4, 0.5) is 5.69 Å². The van der Waals surface area contributed by atoms with E-state index in [0.717, 1.165) is 0 Å². The maximum absolute atomic E-state index is 12.3. The highest BCUT2D eigenvalue weighted by molar-refractivity contribution is 7.89. The summed E-state index contributed by atoms with van der Waals surface area (Å²) in [6, 6.07) is 4.75. The van der Waals surface area contributed by atoms with Crippen LogP contribution in [0.2, 0.25) is 0 Å². The van der Waals surface area contributed by atoms with Gasteiger partial charge in [-0.3, -0.25) is 9.59 Å². The van der Waals surface area contributed by atoms with Gasteiger partial charge in [0.2, 0.25) is 21.8 Å². The molecule has 1 aromatic rings. The Morgan fingerprint density at radius 3 is 2.30 bits per heavy atom. The zero-order valence-electron chi connectivity index (χ0n) is 15.6. The van der Waals surface area contributed by atoms with Gasteiger partial charge in [-0.1, -0.05) is 0 Å². The Balaban J connectivity index is 0.00000676. The lowest BCUT2D eigenvalue weighted by molar-refractivity contribution is -0.122. The monoisotopic (exact) mass is 422 g/mol. The Morgan fingerprint density at radius 1 is 1.11 bits per heavy atom. The SMILES string of the molecule is COCCNCCNC(=O)C(C)NS(=O)(=O)c1ccc(NC(C)=O)cc1.Cl. The highest BCUT2D eigenvalue weighted by Crippen LogP contribution is 2.14. The van der Waals surface area contributed by atoms with Crippen molar-refractivity contribution in [3.05, 3.63) is 24.3 Å². The third-order valence-electron chi connectivity index (χ3n) is 3.29. The molecule has 0 aliphatic carbocycles. The number of hydrogen-bond acceptors (Lipinski definition) is 6. The van der Waals surface area contributed by atoms with E-state index in [2.05, 4.69) is 20.7 Å². The molecule has 0 fully saturated rings. The van der Waals surface area contributed by atoms with Gasteiger partial charge in [0.25, 0.3) is 0 Å². The summed E-state index contributed by atoms with van der Waals surface area (Å²) < 4.78 is 31.9. The summed E-state index contributed by atoms with van der Waals surface area (Å²) in [5.74, 6) is -0.669. The quantitative estimate of drug-likeness (QED) is 0.374. The van der Waals surface area contributed by atoms with E-state index in [0.29, 0.717) is 31.9 Å². The van der Waals surface area contributed by atoms with E-state index in [1.165, 1.54) is 38.1 Å². The highest BCUT2D eigenvalue weighted by Gasteiger charge is 2.21. The molecule has 0 aliphatic rings. The summed E-state index contributed by atoms with van der Waals surface area (Å²) >= 11 is 0. The van der Waals surface area contributed by atoms with Crippen molar-refractivity contribution in [2.24, 2.45) is 0 Å². The number of benzene rings is 1. The molecule has 4 N–H and O–H groups in total. The molecule has 0 saturated carbocycles. The topological polar surface area (TPSA) is 126 Å². The molecule has 0 aliphatic heterocycles. The van der Waals surface area contributed by atoms with Crippen LogP contribution >= 0.6 is 12.4 Å². The number of methoxy groups -OCH3 is 1. The van der Waals surface area contributed by atoms with Crippen LogP contribution in [0.5, 0.6) is 0 Å². The van der Waals surface area contributed by atoms with Crippen LogP contribution in [0.1, 0.15) is 13.8 Å². The second-order valence-corrected chi connectivity index (χ2v) is 7.30. The van der Waals surface area contributed by atoms with Gasteiger partial charge < -0.3 is 20.7 Å². The van der Waals surface area contributed by atoms with Gasteiger partial charge in [0, 0.05) is 39.4 Å². The van der Waals surface area contributed by atoms with Crippen molar-refractivity contribution in [3.63, 3.8) is 0 Å². The number of halogens is 1. The van der Waals surface area contributed by atoms with E-state index < -0.39 is 22.0 Å². The van der Waals surface area contributed by atoms with Crippen molar-refractivity contribution >= 4 is 39.9 Å². The summed E-state index contributed by atoms with van der Waals surface area (Å²) in [7, 11) is -2.25. The Morgan fingerprint density at radius 2 is 1.74 bits per heavy atom. The standard InChI is InChI=1S/C16H26N4O5S.ClH/c1-12(16(22)18-9-8-17-10-11-25-3)20-26(23,24)15-6-4-14(5-7-15)19-13(2)21;/h4-7,12,17,20H,8-11H2,1-3H3,(H,18,22)(H,19,21);1H. The van der Waals surface area contributed by atoms with Gasteiger partial charge in [-0.05, 0) is 31.2 Å². The summed E-state index contributed by atoms with van der Waals surface area (Å²) in [6.07, 6.45) is 0. The number of carbonyl (C=O) groups excluding carboxylic acids is 2. The zero-order valence-corrected chi connectivity index (χ0v) is 17.2. The van der Waals surface area contributed by atoms with E-state index >= 15 is 0 Å². The average Bonchev–Trinajstić information content (AvgIpc) is 2.57. The number of nitrogens with one attached hydrogen (secondary N) is 4. The lowest BCUT2D eigenvalue weighted by atomic mass is 10.3. The van der Waals surface area contributed by atoms with E-state index in [1.54, 1.807) is 7.11 Å². The molecule has 27 heavy (non-hydrogen) atoms. The molecular formula is C16H27ClN4O5S.